The average molecular weight is 545 g/mol. The van der Waals surface area contributed by atoms with Crippen LogP contribution in [0.3, 0.4) is 0 Å². The van der Waals surface area contributed by atoms with Gasteiger partial charge in [-0.1, -0.05) is 36.4 Å². The first-order valence-electron chi connectivity index (χ1n) is 12.4. The third-order valence-corrected chi connectivity index (χ3v) is 8.22. The van der Waals surface area contributed by atoms with Crippen LogP contribution in [-0.4, -0.2) is 39.1 Å². The number of anilines is 1. The molecule has 1 aliphatic heterocycles. The Morgan fingerprint density at radius 3 is 2.26 bits per heavy atom. The van der Waals surface area contributed by atoms with E-state index < -0.39 is 35.5 Å². The van der Waals surface area contributed by atoms with E-state index in [0.29, 0.717) is 29.1 Å². The Morgan fingerprint density at radius 2 is 1.67 bits per heavy atom. The molecular formula is C30H28N2O6S. The van der Waals surface area contributed by atoms with Gasteiger partial charge in [-0.15, -0.1) is 11.3 Å². The Hall–Kier alpha value is -4.37. The van der Waals surface area contributed by atoms with Gasteiger partial charge in [0.15, 0.2) is 5.78 Å². The predicted octanol–water partition coefficient (Wildman–Crippen LogP) is 4.50. The molecular weight excluding hydrogens is 516 g/mol. The van der Waals surface area contributed by atoms with Crippen molar-refractivity contribution in [1.82, 2.24) is 0 Å². The summed E-state index contributed by atoms with van der Waals surface area (Å²) in [5.41, 5.74) is 9.38. The molecule has 2 aromatic carbocycles. The number of Topliss-reactive ketones (excluding diaryl/α,β-unsaturated/α-hetero) is 1. The monoisotopic (exact) mass is 544 g/mol. The number of esters is 2. The smallest absolute Gasteiger partial charge is 0.338 e. The molecule has 0 saturated carbocycles. The molecule has 1 aromatic heterocycles. The highest BCUT2D eigenvalue weighted by atomic mass is 32.1. The first-order chi connectivity index (χ1) is 18.9. The largest absolute Gasteiger partial charge is 0.497 e. The summed E-state index contributed by atoms with van der Waals surface area (Å²) in [6.07, 6.45) is 0.305. The predicted molar refractivity (Wildman–Crippen MR) is 147 cm³/mol. The minimum atomic E-state index is -1.11. The molecule has 0 bridgehead atoms. The maximum absolute atomic E-state index is 14.5. The Bertz CT molecular complexity index is 1460. The number of rotatable bonds is 6. The maximum Gasteiger partial charge on any atom is 0.338 e. The molecule has 3 atom stereocenters. The number of ketones is 1. The fourth-order valence-corrected chi connectivity index (χ4v) is 6.35. The second-order valence-corrected chi connectivity index (χ2v) is 10.2. The van der Waals surface area contributed by atoms with Crippen molar-refractivity contribution < 1.29 is 28.6 Å². The number of allylic oxidation sites excluding steroid dienone is 2. The summed E-state index contributed by atoms with van der Waals surface area (Å²) in [4.78, 5) is 43.4. The Kier molecular flexibility index (Phi) is 7.26. The van der Waals surface area contributed by atoms with Crippen LogP contribution < -0.4 is 15.4 Å². The molecule has 2 N–H and O–H groups in total. The van der Waals surface area contributed by atoms with Crippen LogP contribution in [0.1, 0.15) is 28.7 Å². The Balaban J connectivity index is 1.78. The van der Waals surface area contributed by atoms with Crippen molar-refractivity contribution in [1.29, 1.82) is 0 Å². The zero-order valence-corrected chi connectivity index (χ0v) is 22.6. The van der Waals surface area contributed by atoms with E-state index in [2.05, 4.69) is 0 Å². The molecule has 2 aliphatic rings. The molecule has 3 aromatic rings. The van der Waals surface area contributed by atoms with Crippen LogP contribution in [0.15, 0.2) is 94.8 Å². The normalized spacial score (nSPS) is 20.9. The zero-order valence-electron chi connectivity index (χ0n) is 21.7. The summed E-state index contributed by atoms with van der Waals surface area (Å²) in [6.45, 7) is 0. The molecule has 0 spiro atoms. The summed E-state index contributed by atoms with van der Waals surface area (Å²) in [7, 11) is 4.13. The summed E-state index contributed by atoms with van der Waals surface area (Å²) in [5.74, 6) is -3.27. The third kappa shape index (κ3) is 4.48. The molecule has 0 fully saturated rings. The van der Waals surface area contributed by atoms with E-state index in [0.717, 1.165) is 10.4 Å². The fraction of sp³-hybridized carbons (Fsp3) is 0.233. The number of carbonyl (C=O) groups excluding carboxylic acids is 3. The van der Waals surface area contributed by atoms with Crippen LogP contribution in [0.5, 0.6) is 5.75 Å². The van der Waals surface area contributed by atoms with Crippen LogP contribution in [0.25, 0.3) is 0 Å². The van der Waals surface area contributed by atoms with E-state index in [1.807, 2.05) is 60.0 Å². The number of benzene rings is 2. The second kappa shape index (κ2) is 10.8. The van der Waals surface area contributed by atoms with Crippen LogP contribution in [-0.2, 0) is 23.9 Å². The van der Waals surface area contributed by atoms with Crippen molar-refractivity contribution in [3.05, 3.63) is 105 Å². The molecule has 39 heavy (non-hydrogen) atoms. The number of nitrogens with zero attached hydrogens (tertiary/aromatic N) is 1. The van der Waals surface area contributed by atoms with Gasteiger partial charge in [-0.05, 0) is 47.7 Å². The van der Waals surface area contributed by atoms with E-state index >= 15 is 0 Å². The van der Waals surface area contributed by atoms with E-state index in [1.165, 1.54) is 25.6 Å². The molecule has 0 unspecified atom stereocenters. The lowest BCUT2D eigenvalue weighted by molar-refractivity contribution is -0.150. The molecule has 9 heteroatoms. The maximum atomic E-state index is 14.5. The Labute approximate surface area is 230 Å². The number of thiophene rings is 1. The van der Waals surface area contributed by atoms with Gasteiger partial charge in [0.1, 0.15) is 17.5 Å². The summed E-state index contributed by atoms with van der Waals surface area (Å²) in [5, 5.41) is 1.87. The fourth-order valence-electron chi connectivity index (χ4n) is 5.51. The molecule has 1 aliphatic carbocycles. The quantitative estimate of drug-likeness (QED) is 0.357. The highest BCUT2D eigenvalue weighted by Gasteiger charge is 2.51. The molecule has 200 valence electrons. The number of hydrogen-bond donors (Lipinski definition) is 1. The minimum Gasteiger partial charge on any atom is -0.497 e. The number of hydrogen-bond acceptors (Lipinski definition) is 9. The first kappa shape index (κ1) is 26.2. The number of ether oxygens (including phenoxy) is 3. The van der Waals surface area contributed by atoms with E-state index in [-0.39, 0.29) is 11.4 Å². The van der Waals surface area contributed by atoms with Gasteiger partial charge in [0.05, 0.1) is 32.8 Å². The van der Waals surface area contributed by atoms with Crippen LogP contribution in [0, 0.1) is 5.92 Å². The van der Waals surface area contributed by atoms with Crippen LogP contribution in [0.4, 0.5) is 5.69 Å². The van der Waals surface area contributed by atoms with Gasteiger partial charge in [0, 0.05) is 27.8 Å². The molecule has 5 rings (SSSR count). The van der Waals surface area contributed by atoms with Gasteiger partial charge in [0.25, 0.3) is 0 Å². The molecule has 2 heterocycles. The van der Waals surface area contributed by atoms with Crippen LogP contribution in [0.2, 0.25) is 0 Å². The van der Waals surface area contributed by atoms with Gasteiger partial charge < -0.3 is 19.9 Å². The van der Waals surface area contributed by atoms with Crippen molar-refractivity contribution in [3.63, 3.8) is 0 Å². The highest BCUT2D eigenvalue weighted by Crippen LogP contribution is 2.52. The Morgan fingerprint density at radius 1 is 0.949 bits per heavy atom. The topological polar surface area (TPSA) is 108 Å². The summed E-state index contributed by atoms with van der Waals surface area (Å²) in [6, 6.07) is 20.3. The van der Waals surface area contributed by atoms with Gasteiger partial charge in [-0.3, -0.25) is 14.5 Å². The molecule has 0 radical (unpaired) electrons. The highest BCUT2D eigenvalue weighted by molar-refractivity contribution is 7.10. The van der Waals surface area contributed by atoms with Crippen molar-refractivity contribution in [2.45, 2.75) is 18.3 Å². The second-order valence-electron chi connectivity index (χ2n) is 9.22. The van der Waals surface area contributed by atoms with Crippen molar-refractivity contribution in [3.8, 4) is 5.75 Å². The van der Waals surface area contributed by atoms with E-state index in [9.17, 15) is 14.4 Å². The van der Waals surface area contributed by atoms with Gasteiger partial charge in [-0.2, -0.15) is 0 Å². The number of para-hydroxylation sites is 1. The van der Waals surface area contributed by atoms with Gasteiger partial charge in [-0.25, -0.2) is 4.79 Å². The zero-order chi connectivity index (χ0) is 27.7. The number of carbonyl (C=O) groups is 3. The lowest BCUT2D eigenvalue weighted by Gasteiger charge is -2.43. The molecule has 0 amide bonds. The van der Waals surface area contributed by atoms with Crippen molar-refractivity contribution in [2.75, 3.05) is 26.2 Å². The van der Waals surface area contributed by atoms with Crippen molar-refractivity contribution >= 4 is 34.7 Å². The van der Waals surface area contributed by atoms with E-state index in [1.54, 1.807) is 24.1 Å². The number of methoxy groups -OCH3 is 3. The lowest BCUT2D eigenvalue weighted by Crippen LogP contribution is -2.46. The van der Waals surface area contributed by atoms with Crippen LogP contribution >= 0.6 is 11.3 Å². The molecule has 8 nitrogen and oxygen atoms in total. The summed E-state index contributed by atoms with van der Waals surface area (Å²) >= 11 is 1.40. The number of nitrogens with two attached hydrogens (primary N) is 1. The van der Waals surface area contributed by atoms with Gasteiger partial charge in [0.2, 0.25) is 0 Å². The minimum absolute atomic E-state index is 0.155. The standard InChI is InChI=1S/C30H28N2O6S/c1-36-19-13-11-17(12-14-19)20-16-21-24(27(33)23(20)29(34)37-2)25(22-10-7-15-39-22)26(30(35)38-3)28(31)32(21)18-8-5-4-6-9-18/h4-15,20,23,25H,16,31H2,1-3H3/t20-,23+,25+/m0/s1. The van der Waals surface area contributed by atoms with E-state index in [4.69, 9.17) is 19.9 Å². The average Bonchev–Trinajstić information content (AvgIpc) is 3.51. The first-order valence-corrected chi connectivity index (χ1v) is 13.2. The van der Waals surface area contributed by atoms with Gasteiger partial charge >= 0.3 is 11.9 Å². The van der Waals surface area contributed by atoms with Crippen molar-refractivity contribution in [2.24, 2.45) is 11.7 Å². The SMILES string of the molecule is COC(=O)C1=C(N)N(c2ccccc2)C2=C(C(=O)[C@H](C(=O)OC)[C@H](c3ccc(OC)cc3)C2)[C@H]1c1cccs1. The summed E-state index contributed by atoms with van der Waals surface area (Å²) < 4.78 is 15.6. The molecule has 0 saturated heterocycles. The third-order valence-electron chi connectivity index (χ3n) is 7.29. The lowest BCUT2D eigenvalue weighted by atomic mass is 9.68.